The molecule has 1 saturated heterocycles. The molecule has 1 rings (SSSR count). The molecule has 19 heavy (non-hydrogen) atoms. The van der Waals surface area contributed by atoms with Crippen molar-refractivity contribution in [2.75, 3.05) is 33.4 Å². The predicted molar refractivity (Wildman–Crippen MR) is 70.9 cm³/mol. The maximum atomic E-state index is 12.0. The number of hydrogen-bond acceptors (Lipinski definition) is 4. The molecule has 1 fully saturated rings. The molecule has 0 aromatic carbocycles. The summed E-state index contributed by atoms with van der Waals surface area (Å²) in [7, 11) is 1.50. The van der Waals surface area contributed by atoms with Crippen molar-refractivity contribution in [2.24, 2.45) is 0 Å². The smallest absolute Gasteiger partial charge is 0.410 e. The summed E-state index contributed by atoms with van der Waals surface area (Å²) in [5, 5.41) is 0. The minimum absolute atomic E-state index is 0.0433. The molecular formula is C13H24N2O4. The van der Waals surface area contributed by atoms with Crippen LogP contribution in [0.1, 0.15) is 27.7 Å². The monoisotopic (exact) mass is 272 g/mol. The zero-order valence-corrected chi connectivity index (χ0v) is 12.4. The molecule has 110 valence electrons. The fourth-order valence-corrected chi connectivity index (χ4v) is 1.99. The highest BCUT2D eigenvalue weighted by atomic mass is 16.6. The Bertz CT molecular complexity index is 338. The topological polar surface area (TPSA) is 59.1 Å². The van der Waals surface area contributed by atoms with Gasteiger partial charge in [-0.3, -0.25) is 4.79 Å². The van der Waals surface area contributed by atoms with Crippen LogP contribution in [-0.4, -0.2) is 66.8 Å². The third kappa shape index (κ3) is 4.70. The second-order valence-corrected chi connectivity index (χ2v) is 5.80. The molecule has 1 aliphatic rings. The Balaban J connectivity index is 2.55. The lowest BCUT2D eigenvalue weighted by molar-refractivity contribution is -0.138. The van der Waals surface area contributed by atoms with E-state index in [0.29, 0.717) is 19.6 Å². The SMILES string of the molecule is COCC(=O)N1CCN(C(=O)OC(C)(C)C)[C@@H](C)C1. The average Bonchev–Trinajstić information content (AvgIpc) is 2.26. The fraction of sp³-hybridized carbons (Fsp3) is 0.846. The fourth-order valence-electron chi connectivity index (χ4n) is 1.99. The lowest BCUT2D eigenvalue weighted by Gasteiger charge is -2.40. The maximum absolute atomic E-state index is 12.0. The van der Waals surface area contributed by atoms with Gasteiger partial charge in [0.25, 0.3) is 0 Å². The summed E-state index contributed by atoms with van der Waals surface area (Å²) >= 11 is 0. The summed E-state index contributed by atoms with van der Waals surface area (Å²) in [4.78, 5) is 27.1. The molecule has 6 heteroatoms. The molecule has 6 nitrogen and oxygen atoms in total. The van der Waals surface area contributed by atoms with Crippen LogP contribution in [-0.2, 0) is 14.3 Å². The second-order valence-electron chi connectivity index (χ2n) is 5.80. The molecule has 0 saturated carbocycles. The molecule has 0 aromatic heterocycles. The zero-order chi connectivity index (χ0) is 14.6. The molecule has 0 radical (unpaired) electrons. The first-order chi connectivity index (χ1) is 8.74. The van der Waals surface area contributed by atoms with Crippen molar-refractivity contribution < 1.29 is 19.1 Å². The highest BCUT2D eigenvalue weighted by Crippen LogP contribution is 2.15. The highest BCUT2D eigenvalue weighted by Gasteiger charge is 2.32. The third-order valence-corrected chi connectivity index (χ3v) is 2.88. The standard InChI is InChI=1S/C13H24N2O4/c1-10-8-14(11(16)9-18-5)6-7-15(10)12(17)19-13(2,3)4/h10H,6-9H2,1-5H3/t10-/m0/s1. The van der Waals surface area contributed by atoms with E-state index in [2.05, 4.69) is 0 Å². The molecular weight excluding hydrogens is 248 g/mol. The van der Waals surface area contributed by atoms with Crippen LogP contribution in [0.15, 0.2) is 0 Å². The van der Waals surface area contributed by atoms with Crippen LogP contribution < -0.4 is 0 Å². The van der Waals surface area contributed by atoms with Crippen molar-refractivity contribution in [3.63, 3.8) is 0 Å². The van der Waals surface area contributed by atoms with Gasteiger partial charge in [0.05, 0.1) is 0 Å². The van der Waals surface area contributed by atoms with Crippen LogP contribution in [0.4, 0.5) is 4.79 Å². The van der Waals surface area contributed by atoms with Crippen LogP contribution >= 0.6 is 0 Å². The van der Waals surface area contributed by atoms with Crippen molar-refractivity contribution >= 4 is 12.0 Å². The Morgan fingerprint density at radius 1 is 1.26 bits per heavy atom. The van der Waals surface area contributed by atoms with Gasteiger partial charge in [-0.25, -0.2) is 4.79 Å². The molecule has 1 heterocycles. The minimum atomic E-state index is -0.500. The second kappa shape index (κ2) is 6.23. The number of piperazine rings is 1. The van der Waals surface area contributed by atoms with Crippen molar-refractivity contribution in [3.8, 4) is 0 Å². The lowest BCUT2D eigenvalue weighted by Crippen LogP contribution is -2.56. The number of hydrogen-bond donors (Lipinski definition) is 0. The number of carbonyl (C=O) groups excluding carboxylic acids is 2. The average molecular weight is 272 g/mol. The molecule has 0 aromatic rings. The van der Waals surface area contributed by atoms with E-state index in [-0.39, 0.29) is 24.6 Å². The summed E-state index contributed by atoms with van der Waals surface area (Å²) < 4.78 is 10.2. The third-order valence-electron chi connectivity index (χ3n) is 2.88. The van der Waals surface area contributed by atoms with E-state index in [0.717, 1.165) is 0 Å². The summed E-state index contributed by atoms with van der Waals surface area (Å²) in [6.45, 7) is 9.05. The van der Waals surface area contributed by atoms with Crippen molar-refractivity contribution in [2.45, 2.75) is 39.3 Å². The predicted octanol–water partition coefficient (Wildman–Crippen LogP) is 1.10. The molecule has 1 aliphatic heterocycles. The first-order valence-electron chi connectivity index (χ1n) is 6.51. The summed E-state index contributed by atoms with van der Waals surface area (Å²) in [5.41, 5.74) is -0.500. The van der Waals surface area contributed by atoms with Crippen LogP contribution in [0, 0.1) is 0 Å². The van der Waals surface area contributed by atoms with E-state index in [1.165, 1.54) is 7.11 Å². The number of carbonyl (C=O) groups is 2. The van der Waals surface area contributed by atoms with E-state index >= 15 is 0 Å². The molecule has 0 N–H and O–H groups in total. The number of rotatable bonds is 2. The van der Waals surface area contributed by atoms with Gasteiger partial charge in [0, 0.05) is 32.8 Å². The molecule has 0 unspecified atom stereocenters. The Hall–Kier alpha value is -1.30. The van der Waals surface area contributed by atoms with E-state index in [9.17, 15) is 9.59 Å². The summed E-state index contributed by atoms with van der Waals surface area (Å²) in [5.74, 6) is -0.0433. The summed E-state index contributed by atoms with van der Waals surface area (Å²) in [6, 6.07) is -0.0515. The highest BCUT2D eigenvalue weighted by molar-refractivity contribution is 5.78. The molecule has 0 aliphatic carbocycles. The number of methoxy groups -OCH3 is 1. The van der Waals surface area contributed by atoms with Crippen LogP contribution in [0.2, 0.25) is 0 Å². The van der Waals surface area contributed by atoms with Crippen molar-refractivity contribution in [3.05, 3.63) is 0 Å². The lowest BCUT2D eigenvalue weighted by atomic mass is 10.2. The van der Waals surface area contributed by atoms with Gasteiger partial charge in [-0.15, -0.1) is 0 Å². The van der Waals surface area contributed by atoms with Crippen LogP contribution in [0.5, 0.6) is 0 Å². The number of nitrogens with zero attached hydrogens (tertiary/aromatic N) is 2. The number of ether oxygens (including phenoxy) is 2. The van der Waals surface area contributed by atoms with Gasteiger partial charge in [-0.05, 0) is 27.7 Å². The van der Waals surface area contributed by atoms with Gasteiger partial charge in [-0.2, -0.15) is 0 Å². The Morgan fingerprint density at radius 3 is 2.37 bits per heavy atom. The van der Waals surface area contributed by atoms with Gasteiger partial charge < -0.3 is 19.3 Å². The van der Waals surface area contributed by atoms with Gasteiger partial charge in [-0.1, -0.05) is 0 Å². The normalized spacial score (nSPS) is 20.4. The van der Waals surface area contributed by atoms with Crippen molar-refractivity contribution in [1.82, 2.24) is 9.80 Å². The molecule has 0 spiro atoms. The Kier molecular flexibility index (Phi) is 5.17. The molecule has 2 amide bonds. The maximum Gasteiger partial charge on any atom is 0.410 e. The largest absolute Gasteiger partial charge is 0.444 e. The van der Waals surface area contributed by atoms with E-state index < -0.39 is 5.60 Å². The molecule has 1 atom stereocenters. The summed E-state index contributed by atoms with van der Waals surface area (Å²) in [6.07, 6.45) is -0.321. The van der Waals surface area contributed by atoms with E-state index in [4.69, 9.17) is 9.47 Å². The van der Waals surface area contributed by atoms with E-state index in [1.807, 2.05) is 27.7 Å². The first-order valence-corrected chi connectivity index (χ1v) is 6.51. The number of amides is 2. The van der Waals surface area contributed by atoms with Crippen molar-refractivity contribution in [1.29, 1.82) is 0 Å². The minimum Gasteiger partial charge on any atom is -0.444 e. The van der Waals surface area contributed by atoms with Crippen LogP contribution in [0.3, 0.4) is 0 Å². The van der Waals surface area contributed by atoms with Crippen LogP contribution in [0.25, 0.3) is 0 Å². The van der Waals surface area contributed by atoms with Gasteiger partial charge in [0.2, 0.25) is 5.91 Å². The Morgan fingerprint density at radius 2 is 1.89 bits per heavy atom. The van der Waals surface area contributed by atoms with Gasteiger partial charge >= 0.3 is 6.09 Å². The zero-order valence-electron chi connectivity index (χ0n) is 12.4. The van der Waals surface area contributed by atoms with Gasteiger partial charge in [0.1, 0.15) is 12.2 Å². The quantitative estimate of drug-likeness (QED) is 0.755. The Labute approximate surface area is 114 Å². The first kappa shape index (κ1) is 15.8. The van der Waals surface area contributed by atoms with E-state index in [1.54, 1.807) is 9.80 Å². The van der Waals surface area contributed by atoms with Gasteiger partial charge in [0.15, 0.2) is 0 Å². The molecule has 0 bridgehead atoms.